The maximum absolute atomic E-state index is 13.3. The van der Waals surface area contributed by atoms with Crippen molar-refractivity contribution in [1.29, 1.82) is 0 Å². The molecule has 45 heavy (non-hydrogen) atoms. The van der Waals surface area contributed by atoms with E-state index in [0.29, 0.717) is 0 Å². The van der Waals surface area contributed by atoms with Crippen LogP contribution in [0.25, 0.3) is 21.6 Å². The fourth-order valence-electron chi connectivity index (χ4n) is 4.01. The van der Waals surface area contributed by atoms with E-state index in [2.05, 4.69) is 38.1 Å². The molecule has 2 aromatic heterocycles. The number of benzene rings is 1. The van der Waals surface area contributed by atoms with E-state index < -0.39 is 65.1 Å². The van der Waals surface area contributed by atoms with Gasteiger partial charge in [-0.3, -0.25) is 19.2 Å². The SMILES string of the molecule is [N-]=[N+]=NCc1ccc([N+](=O)[O-])cc1C(=O)OC1C[C@H](n2cnc3c(N)ncnc32)O[C@@H]1COP(=O)(O)OP(=O)(O)OP(=O)(O)O. The number of hydrogen-bond acceptors (Lipinski definition) is 16. The van der Waals surface area contributed by atoms with Gasteiger partial charge in [0.25, 0.3) is 5.69 Å². The molecule has 4 rings (SSSR count). The molecule has 24 nitrogen and oxygen atoms in total. The van der Waals surface area contributed by atoms with E-state index in [-0.39, 0.29) is 41.1 Å². The highest BCUT2D eigenvalue weighted by Crippen LogP contribution is 2.66. The van der Waals surface area contributed by atoms with Crippen LogP contribution in [0.15, 0.2) is 36.0 Å². The van der Waals surface area contributed by atoms with Crippen molar-refractivity contribution in [3.63, 3.8) is 0 Å². The molecule has 0 spiro atoms. The molecule has 0 aliphatic carbocycles. The molecule has 0 saturated carbocycles. The number of anilines is 1. The van der Waals surface area contributed by atoms with Gasteiger partial charge in [0.1, 0.15) is 30.3 Å². The van der Waals surface area contributed by atoms with Gasteiger partial charge in [0, 0.05) is 23.5 Å². The Hall–Kier alpha value is -3.88. The molecule has 1 saturated heterocycles. The molecule has 5 atom stereocenters. The summed E-state index contributed by atoms with van der Waals surface area (Å²) in [5.41, 5.74) is 14.0. The summed E-state index contributed by atoms with van der Waals surface area (Å²) in [5, 5.41) is 14.7. The van der Waals surface area contributed by atoms with Crippen LogP contribution in [-0.2, 0) is 42.9 Å². The normalized spacial score (nSPS) is 21.0. The first-order valence-corrected chi connectivity index (χ1v) is 16.4. The van der Waals surface area contributed by atoms with Crippen molar-refractivity contribution in [2.24, 2.45) is 5.11 Å². The lowest BCUT2D eigenvalue weighted by molar-refractivity contribution is -0.384. The highest BCUT2D eigenvalue weighted by molar-refractivity contribution is 7.66. The van der Waals surface area contributed by atoms with Crippen LogP contribution in [0.1, 0.15) is 28.6 Å². The maximum Gasteiger partial charge on any atom is 0.490 e. The summed E-state index contributed by atoms with van der Waals surface area (Å²) in [6.07, 6.45) is -1.78. The van der Waals surface area contributed by atoms with Crippen molar-refractivity contribution in [3.05, 3.63) is 62.5 Å². The number of carbonyl (C=O) groups excluding carboxylic acids is 1. The van der Waals surface area contributed by atoms with Gasteiger partial charge in [-0.1, -0.05) is 11.2 Å². The fraction of sp³-hybridized carbons (Fsp3) is 0.333. The third-order valence-electron chi connectivity index (χ3n) is 5.78. The van der Waals surface area contributed by atoms with Gasteiger partial charge in [-0.05, 0) is 11.1 Å². The van der Waals surface area contributed by atoms with E-state index in [9.17, 15) is 38.4 Å². The molecule has 1 aliphatic rings. The quantitative estimate of drug-likeness (QED) is 0.0324. The molecule has 3 unspecified atom stereocenters. The molecule has 3 heterocycles. The number of phosphoric acid groups is 3. The lowest BCUT2D eigenvalue weighted by atomic mass is 10.1. The molecule has 0 bridgehead atoms. The van der Waals surface area contributed by atoms with Crippen molar-refractivity contribution in [1.82, 2.24) is 19.5 Å². The summed E-state index contributed by atoms with van der Waals surface area (Å²) in [6, 6.07) is 3.12. The van der Waals surface area contributed by atoms with Crippen LogP contribution >= 0.6 is 23.5 Å². The van der Waals surface area contributed by atoms with Crippen molar-refractivity contribution >= 4 is 52.1 Å². The Morgan fingerprint density at radius 1 is 1.20 bits per heavy atom. The van der Waals surface area contributed by atoms with E-state index >= 15 is 0 Å². The van der Waals surface area contributed by atoms with Gasteiger partial charge < -0.3 is 34.8 Å². The second-order valence-electron chi connectivity index (χ2n) is 8.77. The van der Waals surface area contributed by atoms with E-state index in [4.69, 9.17) is 30.5 Å². The Morgan fingerprint density at radius 3 is 2.60 bits per heavy atom. The number of hydrogen-bond donors (Lipinski definition) is 5. The zero-order valence-electron chi connectivity index (χ0n) is 22.0. The number of esters is 1. The van der Waals surface area contributed by atoms with Crippen LogP contribution in [0.3, 0.4) is 0 Å². The third kappa shape index (κ3) is 8.65. The minimum absolute atomic E-state index is 0.0159. The molecular formula is C18H20N9O15P3. The maximum atomic E-state index is 13.3. The number of non-ortho nitro benzene ring substituents is 1. The van der Waals surface area contributed by atoms with Gasteiger partial charge in [-0.2, -0.15) is 8.62 Å². The van der Waals surface area contributed by atoms with Crippen LogP contribution < -0.4 is 5.73 Å². The number of ether oxygens (including phenoxy) is 2. The first-order valence-electron chi connectivity index (χ1n) is 11.8. The van der Waals surface area contributed by atoms with Gasteiger partial charge >= 0.3 is 29.4 Å². The van der Waals surface area contributed by atoms with E-state index in [1.54, 1.807) is 0 Å². The summed E-state index contributed by atoms with van der Waals surface area (Å²) >= 11 is 0. The number of aromatic nitrogens is 4. The number of carbonyl (C=O) groups is 1. The number of nitro groups is 1. The highest BCUT2D eigenvalue weighted by Gasteiger charge is 2.44. The number of nitrogens with two attached hydrogens (primary N) is 1. The van der Waals surface area contributed by atoms with Crippen LogP contribution in [0.2, 0.25) is 0 Å². The molecule has 242 valence electrons. The molecule has 1 aliphatic heterocycles. The lowest BCUT2D eigenvalue weighted by Gasteiger charge is -2.21. The molecule has 27 heteroatoms. The van der Waals surface area contributed by atoms with Crippen LogP contribution in [0, 0.1) is 10.1 Å². The van der Waals surface area contributed by atoms with Gasteiger partial charge in [0.2, 0.25) is 0 Å². The van der Waals surface area contributed by atoms with Crippen LogP contribution in [0.5, 0.6) is 0 Å². The Morgan fingerprint density at radius 2 is 1.93 bits per heavy atom. The van der Waals surface area contributed by atoms with Crippen LogP contribution in [0.4, 0.5) is 11.5 Å². The summed E-state index contributed by atoms with van der Waals surface area (Å²) in [4.78, 5) is 75.1. The van der Waals surface area contributed by atoms with Crippen molar-refractivity contribution in [3.8, 4) is 0 Å². The smallest absolute Gasteiger partial charge is 0.456 e. The van der Waals surface area contributed by atoms with Crippen molar-refractivity contribution < 1.29 is 65.6 Å². The monoisotopic (exact) mass is 695 g/mol. The highest BCUT2D eigenvalue weighted by atomic mass is 31.3. The average molecular weight is 695 g/mol. The number of fused-ring (bicyclic) bond motifs is 1. The minimum atomic E-state index is -5.84. The summed E-state index contributed by atoms with van der Waals surface area (Å²) in [5.74, 6) is -1.15. The number of azide groups is 1. The number of rotatable bonds is 13. The van der Waals surface area contributed by atoms with Crippen molar-refractivity contribution in [2.45, 2.75) is 31.4 Å². The lowest BCUT2D eigenvalue weighted by Crippen LogP contribution is -2.31. The summed E-state index contributed by atoms with van der Waals surface area (Å²) in [6.45, 7) is -1.40. The number of nitrogen functional groups attached to an aromatic ring is 1. The standard InChI is InChI=1S/C18H20N9O15P3/c19-16-15-17(22-7-21-16)26(8-23-15)14-4-12(13(39-14)6-38-44(34,35)42-45(36,37)41-43(31,32)33)40-18(28)11-3-10(27(29)30)2-1-9(11)5-24-25-20/h1-3,7-8,12-14H,4-6H2,(H,34,35)(H,36,37)(H2,19,21,22)(H2,31,32,33)/t12?,13-,14-/m1/s1. The van der Waals surface area contributed by atoms with E-state index in [1.165, 1.54) is 17.0 Å². The fourth-order valence-corrected chi connectivity index (χ4v) is 7.04. The van der Waals surface area contributed by atoms with Gasteiger partial charge in [0.15, 0.2) is 11.5 Å². The first kappa shape index (κ1) is 34.0. The largest absolute Gasteiger partial charge is 0.490 e. The predicted octanol–water partition coefficient (Wildman–Crippen LogP) is 1.98. The van der Waals surface area contributed by atoms with Gasteiger partial charge in [-0.25, -0.2) is 33.4 Å². The second kappa shape index (κ2) is 13.2. The topological polar surface area (TPSA) is 357 Å². The van der Waals surface area contributed by atoms with E-state index in [0.717, 1.165) is 18.5 Å². The first-order chi connectivity index (χ1) is 21.0. The van der Waals surface area contributed by atoms with Crippen molar-refractivity contribution in [2.75, 3.05) is 12.3 Å². The number of phosphoric ester groups is 1. The van der Waals surface area contributed by atoms with Gasteiger partial charge in [-0.15, -0.1) is 0 Å². The summed E-state index contributed by atoms with van der Waals surface area (Å²) < 4.78 is 59.7. The predicted molar refractivity (Wildman–Crippen MR) is 143 cm³/mol. The summed E-state index contributed by atoms with van der Waals surface area (Å²) in [7, 11) is -17.1. The average Bonchev–Trinajstić information content (AvgIpc) is 3.53. The molecule has 6 N–H and O–H groups in total. The number of imidazole rings is 1. The molecule has 1 aromatic carbocycles. The molecule has 1 fully saturated rings. The second-order valence-corrected chi connectivity index (χ2v) is 13.2. The number of nitrogens with zero attached hydrogens (tertiary/aromatic N) is 8. The molecule has 0 amide bonds. The molecule has 0 radical (unpaired) electrons. The Kier molecular flexibility index (Phi) is 10.00. The Labute approximate surface area is 248 Å². The Balaban J connectivity index is 1.62. The Bertz CT molecular complexity index is 1830. The van der Waals surface area contributed by atoms with E-state index in [1.807, 2.05) is 0 Å². The number of nitro benzene ring substituents is 1. The zero-order valence-corrected chi connectivity index (χ0v) is 24.7. The third-order valence-corrected chi connectivity index (χ3v) is 9.59. The van der Waals surface area contributed by atoms with Crippen LogP contribution in [-0.4, -0.2) is 68.8 Å². The molecular weight excluding hydrogens is 675 g/mol. The minimum Gasteiger partial charge on any atom is -0.456 e. The van der Waals surface area contributed by atoms with Gasteiger partial charge in [0.05, 0.1) is 30.0 Å². The zero-order chi connectivity index (χ0) is 33.2. The molecule has 3 aromatic rings.